The Morgan fingerprint density at radius 1 is 1.10 bits per heavy atom. The summed E-state index contributed by atoms with van der Waals surface area (Å²) < 4.78 is 4.90. The molecule has 0 aliphatic heterocycles. The van der Waals surface area contributed by atoms with E-state index in [0.29, 0.717) is 17.1 Å². The van der Waals surface area contributed by atoms with Crippen molar-refractivity contribution in [3.63, 3.8) is 0 Å². The molecule has 0 atom stereocenters. The maximum absolute atomic E-state index is 11.9. The minimum Gasteiger partial charge on any atom is -0.481 e. The number of amides is 1. The first-order chi connectivity index (χ1) is 9.60. The number of rotatable bonds is 4. The molecular weight excluding hydrogens is 260 g/mol. The van der Waals surface area contributed by atoms with Gasteiger partial charge in [0.25, 0.3) is 5.91 Å². The van der Waals surface area contributed by atoms with Crippen molar-refractivity contribution in [3.8, 4) is 5.88 Å². The minimum absolute atomic E-state index is 0.161. The monoisotopic (exact) mass is 272 g/mol. The van der Waals surface area contributed by atoms with Crippen molar-refractivity contribution < 1.29 is 19.4 Å². The third kappa shape index (κ3) is 3.11. The summed E-state index contributed by atoms with van der Waals surface area (Å²) in [7, 11) is 1.49. The van der Waals surface area contributed by atoms with Crippen LogP contribution >= 0.6 is 0 Å². The van der Waals surface area contributed by atoms with Crippen LogP contribution in [0.1, 0.15) is 20.7 Å². The Labute approximate surface area is 115 Å². The fourth-order valence-corrected chi connectivity index (χ4v) is 1.53. The number of anilines is 1. The van der Waals surface area contributed by atoms with Gasteiger partial charge in [-0.05, 0) is 30.3 Å². The Hall–Kier alpha value is -2.89. The van der Waals surface area contributed by atoms with Crippen molar-refractivity contribution in [2.24, 2.45) is 0 Å². The molecule has 2 aromatic rings. The Kier molecular flexibility index (Phi) is 3.95. The highest BCUT2D eigenvalue weighted by Gasteiger charge is 2.08. The number of carbonyl (C=O) groups excluding carboxylic acids is 1. The number of nitrogens with zero attached hydrogens (tertiary/aromatic N) is 1. The molecular formula is C14H12N2O4. The zero-order valence-corrected chi connectivity index (χ0v) is 10.7. The number of methoxy groups -OCH3 is 1. The smallest absolute Gasteiger partial charge is 0.335 e. The lowest BCUT2D eigenvalue weighted by molar-refractivity contribution is 0.0696. The van der Waals surface area contributed by atoms with E-state index in [1.807, 2.05) is 0 Å². The van der Waals surface area contributed by atoms with Crippen LogP contribution in [0.15, 0.2) is 42.6 Å². The summed E-state index contributed by atoms with van der Waals surface area (Å²) in [5.41, 5.74) is 1.05. The molecule has 20 heavy (non-hydrogen) atoms. The number of nitrogens with one attached hydrogen (secondary N) is 1. The third-order valence-corrected chi connectivity index (χ3v) is 2.60. The molecule has 0 bridgehead atoms. The Bertz CT molecular complexity index is 621. The predicted molar refractivity (Wildman–Crippen MR) is 72.1 cm³/mol. The summed E-state index contributed by atoms with van der Waals surface area (Å²) >= 11 is 0. The molecule has 2 N–H and O–H groups in total. The average molecular weight is 272 g/mol. The van der Waals surface area contributed by atoms with E-state index in [0.717, 1.165) is 0 Å². The fraction of sp³-hybridized carbons (Fsp3) is 0.0714. The third-order valence-electron chi connectivity index (χ3n) is 2.60. The molecule has 0 radical (unpaired) electrons. The van der Waals surface area contributed by atoms with Gasteiger partial charge in [-0.2, -0.15) is 0 Å². The van der Waals surface area contributed by atoms with Gasteiger partial charge in [0, 0.05) is 18.0 Å². The largest absolute Gasteiger partial charge is 0.481 e. The van der Waals surface area contributed by atoms with E-state index in [1.54, 1.807) is 12.1 Å². The molecule has 6 heteroatoms. The molecule has 1 heterocycles. The lowest BCUT2D eigenvalue weighted by Gasteiger charge is -2.06. The molecule has 1 amide bonds. The van der Waals surface area contributed by atoms with Crippen molar-refractivity contribution in [3.05, 3.63) is 53.7 Å². The van der Waals surface area contributed by atoms with Crippen LogP contribution in [-0.2, 0) is 0 Å². The first-order valence-electron chi connectivity index (χ1n) is 5.75. The standard InChI is InChI=1S/C14H12N2O4/c1-20-12-7-4-10(8-15-12)13(17)16-11-5-2-9(3-6-11)14(18)19/h2-8H,1H3,(H,16,17)(H,18,19). The quantitative estimate of drug-likeness (QED) is 0.889. The van der Waals surface area contributed by atoms with Gasteiger partial charge in [0.15, 0.2) is 0 Å². The van der Waals surface area contributed by atoms with Crippen molar-refractivity contribution in [2.45, 2.75) is 0 Å². The van der Waals surface area contributed by atoms with Crippen LogP contribution in [0.5, 0.6) is 5.88 Å². The molecule has 0 spiro atoms. The number of carboxylic acid groups (broad SMARTS) is 1. The molecule has 0 unspecified atom stereocenters. The molecule has 6 nitrogen and oxygen atoms in total. The number of hydrogen-bond donors (Lipinski definition) is 2. The fourth-order valence-electron chi connectivity index (χ4n) is 1.53. The second-order valence-corrected chi connectivity index (χ2v) is 3.93. The van der Waals surface area contributed by atoms with Crippen LogP contribution in [-0.4, -0.2) is 29.1 Å². The number of benzene rings is 1. The summed E-state index contributed by atoms with van der Waals surface area (Å²) in [4.78, 5) is 26.6. The van der Waals surface area contributed by atoms with Crippen LogP contribution in [0.3, 0.4) is 0 Å². The Morgan fingerprint density at radius 3 is 2.25 bits per heavy atom. The molecule has 102 valence electrons. The molecule has 0 aliphatic rings. The van der Waals surface area contributed by atoms with Crippen LogP contribution in [0, 0.1) is 0 Å². The Morgan fingerprint density at radius 2 is 1.75 bits per heavy atom. The van der Waals surface area contributed by atoms with Crippen LogP contribution in [0.4, 0.5) is 5.69 Å². The lowest BCUT2D eigenvalue weighted by atomic mass is 10.2. The van der Waals surface area contributed by atoms with Gasteiger partial charge in [-0.1, -0.05) is 0 Å². The number of hydrogen-bond acceptors (Lipinski definition) is 4. The average Bonchev–Trinajstić information content (AvgIpc) is 2.48. The van der Waals surface area contributed by atoms with Crippen molar-refractivity contribution in [1.82, 2.24) is 4.98 Å². The van der Waals surface area contributed by atoms with Crippen molar-refractivity contribution in [1.29, 1.82) is 0 Å². The van der Waals surface area contributed by atoms with E-state index in [1.165, 1.54) is 37.6 Å². The van der Waals surface area contributed by atoms with E-state index in [2.05, 4.69) is 10.3 Å². The second-order valence-electron chi connectivity index (χ2n) is 3.93. The van der Waals surface area contributed by atoms with Gasteiger partial charge >= 0.3 is 5.97 Å². The minimum atomic E-state index is -1.01. The van der Waals surface area contributed by atoms with E-state index >= 15 is 0 Å². The summed E-state index contributed by atoms with van der Waals surface area (Å²) in [6, 6.07) is 9.07. The molecule has 1 aromatic heterocycles. The number of carbonyl (C=O) groups is 2. The molecule has 0 fully saturated rings. The summed E-state index contributed by atoms with van der Waals surface area (Å²) in [5, 5.41) is 11.4. The van der Waals surface area contributed by atoms with Crippen molar-refractivity contribution >= 4 is 17.6 Å². The lowest BCUT2D eigenvalue weighted by Crippen LogP contribution is -2.12. The number of pyridine rings is 1. The summed E-state index contributed by atoms with van der Waals surface area (Å²) in [6.45, 7) is 0. The first kappa shape index (κ1) is 13.5. The topological polar surface area (TPSA) is 88.5 Å². The van der Waals surface area contributed by atoms with E-state index in [9.17, 15) is 9.59 Å². The molecule has 2 rings (SSSR count). The highest BCUT2D eigenvalue weighted by molar-refractivity contribution is 6.04. The zero-order valence-electron chi connectivity index (χ0n) is 10.7. The molecule has 0 saturated heterocycles. The van der Waals surface area contributed by atoms with Gasteiger partial charge < -0.3 is 15.2 Å². The number of ether oxygens (including phenoxy) is 1. The van der Waals surface area contributed by atoms with Crippen molar-refractivity contribution in [2.75, 3.05) is 12.4 Å². The van der Waals surface area contributed by atoms with Crippen LogP contribution in [0.25, 0.3) is 0 Å². The highest BCUT2D eigenvalue weighted by Crippen LogP contribution is 2.12. The van der Waals surface area contributed by atoms with Gasteiger partial charge in [0.1, 0.15) is 0 Å². The van der Waals surface area contributed by atoms with Gasteiger partial charge in [-0.3, -0.25) is 4.79 Å². The van der Waals surface area contributed by atoms with Crippen LogP contribution in [0.2, 0.25) is 0 Å². The highest BCUT2D eigenvalue weighted by atomic mass is 16.5. The van der Waals surface area contributed by atoms with Crippen LogP contribution < -0.4 is 10.1 Å². The van der Waals surface area contributed by atoms with Gasteiger partial charge in [0.05, 0.1) is 18.2 Å². The predicted octanol–water partition coefficient (Wildman–Crippen LogP) is 2.04. The van der Waals surface area contributed by atoms with Gasteiger partial charge in [0.2, 0.25) is 5.88 Å². The summed E-state index contributed by atoms with van der Waals surface area (Å²) in [5.74, 6) is -0.919. The number of aromatic carboxylic acids is 1. The van der Waals surface area contributed by atoms with Gasteiger partial charge in [-0.25, -0.2) is 9.78 Å². The number of aromatic nitrogens is 1. The van der Waals surface area contributed by atoms with Gasteiger partial charge in [-0.15, -0.1) is 0 Å². The molecule has 0 saturated carbocycles. The Balaban J connectivity index is 2.08. The van der Waals surface area contributed by atoms with E-state index in [4.69, 9.17) is 9.84 Å². The first-order valence-corrected chi connectivity index (χ1v) is 5.75. The maximum atomic E-state index is 11.9. The SMILES string of the molecule is COc1ccc(C(=O)Nc2ccc(C(=O)O)cc2)cn1. The summed E-state index contributed by atoms with van der Waals surface area (Å²) in [6.07, 6.45) is 1.40. The number of carboxylic acids is 1. The second kappa shape index (κ2) is 5.83. The molecule has 1 aromatic carbocycles. The van der Waals surface area contributed by atoms with E-state index in [-0.39, 0.29) is 11.5 Å². The van der Waals surface area contributed by atoms with E-state index < -0.39 is 5.97 Å². The normalized spacial score (nSPS) is 9.85. The molecule has 0 aliphatic carbocycles. The maximum Gasteiger partial charge on any atom is 0.335 e. The zero-order chi connectivity index (χ0) is 14.5.